The number of aliphatic imine (C=N–C) groups is 1. The van der Waals surface area contributed by atoms with Gasteiger partial charge >= 0.3 is 0 Å². The zero-order valence-corrected chi connectivity index (χ0v) is 17.6. The predicted octanol–water partition coefficient (Wildman–Crippen LogP) is 4.43. The van der Waals surface area contributed by atoms with Gasteiger partial charge in [-0.15, -0.1) is 0 Å². The monoisotopic (exact) mass is 378 g/mol. The Kier molecular flexibility index (Phi) is 7.10. The third kappa shape index (κ3) is 4.93. The third-order valence-corrected chi connectivity index (χ3v) is 5.77. The number of allylic oxidation sites excluding steroid dienone is 2. The minimum absolute atomic E-state index is 0.585. The molecule has 0 unspecified atom stereocenters. The summed E-state index contributed by atoms with van der Waals surface area (Å²) in [5.41, 5.74) is 5.94. The average molecular weight is 379 g/mol. The molecule has 1 aliphatic heterocycles. The van der Waals surface area contributed by atoms with Crippen LogP contribution in [0.15, 0.2) is 59.4 Å². The number of piperidine rings is 1. The van der Waals surface area contributed by atoms with E-state index >= 15 is 0 Å². The summed E-state index contributed by atoms with van der Waals surface area (Å²) in [6.45, 7) is 9.40. The summed E-state index contributed by atoms with van der Waals surface area (Å²) < 4.78 is 0. The standard InChI is InChI=1S/C24H34N4/c1-5-26-23-8-6-7-9-24(23)27(3)18-20-10-12-21(13-11-20)19(2)28(4)22-14-16-25-17-15-22/h5,8-13,22,25H,2,6-7,14-18H2,1,3-4H3. The molecule has 0 bridgehead atoms. The van der Waals surface area contributed by atoms with Crippen LogP contribution in [0.1, 0.15) is 43.7 Å². The van der Waals surface area contributed by atoms with E-state index in [1.807, 2.05) is 13.1 Å². The van der Waals surface area contributed by atoms with E-state index in [9.17, 15) is 0 Å². The van der Waals surface area contributed by atoms with Gasteiger partial charge in [-0.1, -0.05) is 43.0 Å². The van der Waals surface area contributed by atoms with Crippen LogP contribution in [0.4, 0.5) is 0 Å². The van der Waals surface area contributed by atoms with Crippen molar-refractivity contribution in [3.8, 4) is 0 Å². The van der Waals surface area contributed by atoms with E-state index in [2.05, 4.69) is 77.2 Å². The molecule has 150 valence electrons. The quantitative estimate of drug-likeness (QED) is 0.712. The van der Waals surface area contributed by atoms with Crippen molar-refractivity contribution in [2.75, 3.05) is 27.2 Å². The van der Waals surface area contributed by atoms with Crippen LogP contribution >= 0.6 is 0 Å². The zero-order chi connectivity index (χ0) is 19.9. The van der Waals surface area contributed by atoms with Gasteiger partial charge in [-0.25, -0.2) is 0 Å². The number of rotatable bonds is 7. The topological polar surface area (TPSA) is 30.9 Å². The molecule has 0 amide bonds. The van der Waals surface area contributed by atoms with Gasteiger partial charge in [0.1, 0.15) is 0 Å². The Hall–Kier alpha value is -2.33. The Morgan fingerprint density at radius 1 is 1.14 bits per heavy atom. The summed E-state index contributed by atoms with van der Waals surface area (Å²) in [7, 11) is 4.32. The SMILES string of the molecule is C=C(c1ccc(CN(C)C2=CCCC=C2N=CC)cc1)N(C)C1CCNCC1. The fourth-order valence-electron chi connectivity index (χ4n) is 4.04. The van der Waals surface area contributed by atoms with Crippen molar-refractivity contribution in [3.63, 3.8) is 0 Å². The van der Waals surface area contributed by atoms with E-state index in [-0.39, 0.29) is 0 Å². The number of nitrogens with zero attached hydrogens (tertiary/aromatic N) is 3. The number of nitrogens with one attached hydrogen (secondary N) is 1. The number of hydrogen-bond donors (Lipinski definition) is 1. The van der Waals surface area contributed by atoms with Gasteiger partial charge < -0.3 is 15.1 Å². The Morgan fingerprint density at radius 3 is 2.50 bits per heavy atom. The van der Waals surface area contributed by atoms with Crippen LogP contribution in [0.3, 0.4) is 0 Å². The fourth-order valence-corrected chi connectivity index (χ4v) is 4.04. The van der Waals surface area contributed by atoms with Crippen LogP contribution in [0, 0.1) is 0 Å². The molecule has 0 aromatic heterocycles. The molecule has 0 spiro atoms. The predicted molar refractivity (Wildman–Crippen MR) is 120 cm³/mol. The number of hydrogen-bond acceptors (Lipinski definition) is 4. The van der Waals surface area contributed by atoms with Crippen molar-refractivity contribution in [2.45, 2.75) is 45.2 Å². The summed E-state index contributed by atoms with van der Waals surface area (Å²) in [6.07, 6.45) is 10.9. The molecule has 1 fully saturated rings. The van der Waals surface area contributed by atoms with Gasteiger partial charge in [0.15, 0.2) is 0 Å². The molecule has 1 saturated heterocycles. The maximum atomic E-state index is 4.53. The lowest BCUT2D eigenvalue weighted by Gasteiger charge is -2.34. The van der Waals surface area contributed by atoms with Gasteiger partial charge in [-0.2, -0.15) is 0 Å². The van der Waals surface area contributed by atoms with Crippen molar-refractivity contribution in [1.29, 1.82) is 0 Å². The molecule has 0 radical (unpaired) electrons. The number of benzene rings is 1. The van der Waals surface area contributed by atoms with Gasteiger partial charge in [-0.3, -0.25) is 4.99 Å². The average Bonchev–Trinajstić information content (AvgIpc) is 2.74. The molecule has 1 aliphatic carbocycles. The van der Waals surface area contributed by atoms with Gasteiger partial charge in [0, 0.05) is 38.6 Å². The van der Waals surface area contributed by atoms with Crippen molar-refractivity contribution in [2.24, 2.45) is 4.99 Å². The lowest BCUT2D eigenvalue weighted by Crippen LogP contribution is -2.40. The first kappa shape index (κ1) is 20.4. The van der Waals surface area contributed by atoms with Crippen LogP contribution in [-0.2, 0) is 6.54 Å². The Balaban J connectivity index is 1.63. The highest BCUT2D eigenvalue weighted by Gasteiger charge is 2.19. The lowest BCUT2D eigenvalue weighted by atomic mass is 10.0. The molecular weight excluding hydrogens is 344 g/mol. The molecule has 1 aromatic rings. The second kappa shape index (κ2) is 9.74. The molecular formula is C24H34N4. The largest absolute Gasteiger partial charge is 0.372 e. The first-order chi connectivity index (χ1) is 13.6. The van der Waals surface area contributed by atoms with E-state index in [0.717, 1.165) is 43.9 Å². The van der Waals surface area contributed by atoms with E-state index in [0.29, 0.717) is 6.04 Å². The van der Waals surface area contributed by atoms with E-state index < -0.39 is 0 Å². The van der Waals surface area contributed by atoms with E-state index in [1.165, 1.54) is 29.7 Å². The normalized spacial score (nSPS) is 18.0. The van der Waals surface area contributed by atoms with E-state index in [4.69, 9.17) is 0 Å². The molecule has 4 heteroatoms. The molecule has 1 heterocycles. The first-order valence-electron chi connectivity index (χ1n) is 10.4. The highest BCUT2D eigenvalue weighted by molar-refractivity contribution is 5.62. The van der Waals surface area contributed by atoms with E-state index in [1.54, 1.807) is 0 Å². The molecule has 0 saturated carbocycles. The second-order valence-electron chi connectivity index (χ2n) is 7.74. The summed E-state index contributed by atoms with van der Waals surface area (Å²) in [5.74, 6) is 0. The zero-order valence-electron chi connectivity index (χ0n) is 17.6. The fraction of sp³-hybridized carbons (Fsp3) is 0.458. The van der Waals surface area contributed by atoms with Crippen molar-refractivity contribution < 1.29 is 0 Å². The Bertz CT molecular complexity index is 751. The number of likely N-dealkylation sites (N-methyl/N-ethyl adjacent to an activating group) is 1. The molecule has 1 N–H and O–H groups in total. The summed E-state index contributed by atoms with van der Waals surface area (Å²) in [4.78, 5) is 9.18. The summed E-state index contributed by atoms with van der Waals surface area (Å²) in [6, 6.07) is 9.45. The van der Waals surface area contributed by atoms with Crippen LogP contribution in [0.5, 0.6) is 0 Å². The highest BCUT2D eigenvalue weighted by atomic mass is 15.2. The second-order valence-corrected chi connectivity index (χ2v) is 7.74. The van der Waals surface area contributed by atoms with Crippen LogP contribution in [0.25, 0.3) is 5.70 Å². The molecule has 4 nitrogen and oxygen atoms in total. The summed E-state index contributed by atoms with van der Waals surface area (Å²) in [5, 5.41) is 3.43. The maximum Gasteiger partial charge on any atom is 0.0815 e. The lowest BCUT2D eigenvalue weighted by molar-refractivity contribution is 0.277. The van der Waals surface area contributed by atoms with Crippen LogP contribution in [-0.4, -0.2) is 49.2 Å². The minimum Gasteiger partial charge on any atom is -0.372 e. The smallest absolute Gasteiger partial charge is 0.0815 e. The summed E-state index contributed by atoms with van der Waals surface area (Å²) >= 11 is 0. The maximum absolute atomic E-state index is 4.53. The molecule has 28 heavy (non-hydrogen) atoms. The van der Waals surface area contributed by atoms with Gasteiger partial charge in [0.2, 0.25) is 0 Å². The molecule has 0 atom stereocenters. The van der Waals surface area contributed by atoms with Crippen LogP contribution in [0.2, 0.25) is 0 Å². The van der Waals surface area contributed by atoms with Crippen molar-refractivity contribution >= 4 is 11.9 Å². The third-order valence-electron chi connectivity index (χ3n) is 5.77. The molecule has 2 aliphatic rings. The van der Waals surface area contributed by atoms with Gasteiger partial charge in [0.05, 0.1) is 11.4 Å². The van der Waals surface area contributed by atoms with Crippen molar-refractivity contribution in [3.05, 3.63) is 65.5 Å². The molecule has 1 aromatic carbocycles. The Labute approximate surface area is 170 Å². The van der Waals surface area contributed by atoms with Gasteiger partial charge in [0.25, 0.3) is 0 Å². The Morgan fingerprint density at radius 2 is 1.82 bits per heavy atom. The van der Waals surface area contributed by atoms with Crippen molar-refractivity contribution in [1.82, 2.24) is 15.1 Å². The first-order valence-corrected chi connectivity index (χ1v) is 10.4. The van der Waals surface area contributed by atoms with Crippen LogP contribution < -0.4 is 5.32 Å². The molecule has 3 rings (SSSR count). The highest BCUT2D eigenvalue weighted by Crippen LogP contribution is 2.25. The van der Waals surface area contributed by atoms with Gasteiger partial charge in [-0.05, 0) is 56.8 Å². The minimum atomic E-state index is 0.585.